The van der Waals surface area contributed by atoms with Gasteiger partial charge in [0.15, 0.2) is 0 Å². The van der Waals surface area contributed by atoms with Gasteiger partial charge in [-0.1, -0.05) is 6.07 Å². The molecule has 1 aliphatic heterocycles. The van der Waals surface area contributed by atoms with E-state index in [9.17, 15) is 22.8 Å². The SMILES string of the molecule is Cc1cc(C(F)(F)F)ccc1CNC(=O)N1CCC(C(=O)O)CC1. The van der Waals surface area contributed by atoms with Gasteiger partial charge in [0, 0.05) is 19.6 Å². The number of aliphatic carboxylic acids is 1. The molecule has 1 heterocycles. The van der Waals surface area contributed by atoms with E-state index in [4.69, 9.17) is 5.11 Å². The quantitative estimate of drug-likeness (QED) is 0.886. The van der Waals surface area contributed by atoms with Gasteiger partial charge in [-0.3, -0.25) is 4.79 Å². The van der Waals surface area contributed by atoms with Gasteiger partial charge in [-0.05, 0) is 43.0 Å². The summed E-state index contributed by atoms with van der Waals surface area (Å²) in [7, 11) is 0. The summed E-state index contributed by atoms with van der Waals surface area (Å²) in [5, 5.41) is 11.6. The molecule has 0 saturated carbocycles. The standard InChI is InChI=1S/C16H19F3N2O3/c1-10-8-13(16(17,18)19)3-2-12(10)9-20-15(24)21-6-4-11(5-7-21)14(22)23/h2-3,8,11H,4-7,9H2,1H3,(H,20,24)(H,22,23). The molecule has 1 aromatic rings. The van der Waals surface area contributed by atoms with Crippen molar-refractivity contribution in [3.8, 4) is 0 Å². The highest BCUT2D eigenvalue weighted by Crippen LogP contribution is 2.30. The maximum Gasteiger partial charge on any atom is 0.416 e. The molecule has 0 unspecified atom stereocenters. The number of piperidine rings is 1. The van der Waals surface area contributed by atoms with Gasteiger partial charge < -0.3 is 15.3 Å². The number of carboxylic acids is 1. The topological polar surface area (TPSA) is 69.6 Å². The molecule has 2 amide bonds. The normalized spacial score (nSPS) is 16.1. The van der Waals surface area contributed by atoms with Gasteiger partial charge in [-0.2, -0.15) is 13.2 Å². The van der Waals surface area contributed by atoms with E-state index in [1.54, 1.807) is 6.92 Å². The molecule has 1 saturated heterocycles. The van der Waals surface area contributed by atoms with Gasteiger partial charge in [0.2, 0.25) is 0 Å². The molecule has 8 heteroatoms. The number of benzene rings is 1. The molecule has 1 fully saturated rings. The Hall–Kier alpha value is -2.25. The largest absolute Gasteiger partial charge is 0.481 e. The summed E-state index contributed by atoms with van der Waals surface area (Å²) < 4.78 is 37.9. The smallest absolute Gasteiger partial charge is 0.416 e. The van der Waals surface area contributed by atoms with E-state index in [-0.39, 0.29) is 12.6 Å². The van der Waals surface area contributed by atoms with Crippen LogP contribution in [0, 0.1) is 12.8 Å². The number of carbonyl (C=O) groups is 2. The van der Waals surface area contributed by atoms with Crippen molar-refractivity contribution in [2.75, 3.05) is 13.1 Å². The van der Waals surface area contributed by atoms with Crippen LogP contribution in [0.5, 0.6) is 0 Å². The molecule has 0 atom stereocenters. The van der Waals surface area contributed by atoms with Crippen LogP contribution in [0.15, 0.2) is 18.2 Å². The number of carbonyl (C=O) groups excluding carboxylic acids is 1. The summed E-state index contributed by atoms with van der Waals surface area (Å²) in [5.41, 5.74) is 0.345. The molecule has 1 aromatic carbocycles. The summed E-state index contributed by atoms with van der Waals surface area (Å²) in [6.07, 6.45) is -3.58. The van der Waals surface area contributed by atoms with E-state index in [1.165, 1.54) is 11.0 Å². The molecule has 0 spiro atoms. The van der Waals surface area contributed by atoms with Crippen LogP contribution < -0.4 is 5.32 Å². The highest BCUT2D eigenvalue weighted by molar-refractivity contribution is 5.75. The average Bonchev–Trinajstić information content (AvgIpc) is 2.52. The zero-order valence-electron chi connectivity index (χ0n) is 13.2. The van der Waals surface area contributed by atoms with Crippen LogP contribution in [0.4, 0.5) is 18.0 Å². The Bertz CT molecular complexity index is 623. The van der Waals surface area contributed by atoms with Crippen molar-refractivity contribution in [2.24, 2.45) is 5.92 Å². The minimum atomic E-state index is -4.39. The molecular formula is C16H19F3N2O3. The van der Waals surface area contributed by atoms with E-state index in [2.05, 4.69) is 5.32 Å². The molecule has 0 bridgehead atoms. The number of hydrogen-bond acceptors (Lipinski definition) is 2. The summed E-state index contributed by atoms with van der Waals surface area (Å²) in [6.45, 7) is 2.40. The Morgan fingerprint density at radius 1 is 1.29 bits per heavy atom. The Labute approximate surface area is 137 Å². The van der Waals surface area contributed by atoms with Gasteiger partial charge in [-0.25, -0.2) is 4.79 Å². The zero-order chi connectivity index (χ0) is 17.9. The number of nitrogens with zero attached hydrogens (tertiary/aromatic N) is 1. The number of nitrogens with one attached hydrogen (secondary N) is 1. The minimum absolute atomic E-state index is 0.127. The molecule has 2 rings (SSSR count). The van der Waals surface area contributed by atoms with Crippen molar-refractivity contribution < 1.29 is 27.9 Å². The molecule has 0 aromatic heterocycles. The van der Waals surface area contributed by atoms with Gasteiger partial charge in [-0.15, -0.1) is 0 Å². The number of amides is 2. The Balaban J connectivity index is 1.89. The Morgan fingerprint density at radius 2 is 1.92 bits per heavy atom. The second-order valence-electron chi connectivity index (χ2n) is 5.90. The highest BCUT2D eigenvalue weighted by atomic mass is 19.4. The first-order valence-corrected chi connectivity index (χ1v) is 7.61. The third-order valence-electron chi connectivity index (χ3n) is 4.23. The number of urea groups is 1. The van der Waals surface area contributed by atoms with Crippen molar-refractivity contribution in [1.29, 1.82) is 0 Å². The highest BCUT2D eigenvalue weighted by Gasteiger charge is 2.30. The fourth-order valence-corrected chi connectivity index (χ4v) is 2.68. The number of alkyl halides is 3. The zero-order valence-corrected chi connectivity index (χ0v) is 13.2. The molecule has 0 radical (unpaired) electrons. The number of likely N-dealkylation sites (tertiary alicyclic amines) is 1. The first-order chi connectivity index (χ1) is 11.2. The second-order valence-corrected chi connectivity index (χ2v) is 5.90. The van der Waals surface area contributed by atoms with Crippen molar-refractivity contribution >= 4 is 12.0 Å². The van der Waals surface area contributed by atoms with Gasteiger partial charge >= 0.3 is 18.2 Å². The Kier molecular flexibility index (Phi) is 5.36. The first-order valence-electron chi connectivity index (χ1n) is 7.61. The lowest BCUT2D eigenvalue weighted by Gasteiger charge is -2.30. The van der Waals surface area contributed by atoms with Crippen molar-refractivity contribution in [3.05, 3.63) is 34.9 Å². The number of hydrogen-bond donors (Lipinski definition) is 2. The van der Waals surface area contributed by atoms with E-state index in [1.807, 2.05) is 0 Å². The minimum Gasteiger partial charge on any atom is -0.481 e. The molecule has 24 heavy (non-hydrogen) atoms. The van der Waals surface area contributed by atoms with E-state index in [0.717, 1.165) is 12.1 Å². The van der Waals surface area contributed by atoms with Crippen LogP contribution in [0.3, 0.4) is 0 Å². The average molecular weight is 344 g/mol. The van der Waals surface area contributed by atoms with Crippen molar-refractivity contribution in [1.82, 2.24) is 10.2 Å². The number of carboxylic acid groups (broad SMARTS) is 1. The maximum absolute atomic E-state index is 12.6. The van der Waals surface area contributed by atoms with Crippen LogP contribution in [-0.4, -0.2) is 35.1 Å². The first kappa shape index (κ1) is 18.1. The third-order valence-corrected chi connectivity index (χ3v) is 4.23. The summed E-state index contributed by atoms with van der Waals surface area (Å²) >= 11 is 0. The van der Waals surface area contributed by atoms with Crippen molar-refractivity contribution in [3.63, 3.8) is 0 Å². The number of rotatable bonds is 3. The predicted molar refractivity (Wildman–Crippen MR) is 80.3 cm³/mol. The molecule has 5 nitrogen and oxygen atoms in total. The van der Waals surface area contributed by atoms with Crippen LogP contribution in [0.25, 0.3) is 0 Å². The third kappa shape index (κ3) is 4.39. The van der Waals surface area contributed by atoms with E-state index >= 15 is 0 Å². The summed E-state index contributed by atoms with van der Waals surface area (Å²) in [5.74, 6) is -1.28. The monoisotopic (exact) mass is 344 g/mol. The van der Waals surface area contributed by atoms with E-state index < -0.39 is 23.6 Å². The molecule has 2 N–H and O–H groups in total. The lowest BCUT2D eigenvalue weighted by molar-refractivity contribution is -0.143. The van der Waals surface area contributed by atoms with Crippen LogP contribution in [0.1, 0.15) is 29.5 Å². The number of aryl methyl sites for hydroxylation is 1. The van der Waals surface area contributed by atoms with Gasteiger partial charge in [0.1, 0.15) is 0 Å². The summed E-state index contributed by atoms with van der Waals surface area (Å²) in [6, 6.07) is 3.07. The summed E-state index contributed by atoms with van der Waals surface area (Å²) in [4.78, 5) is 24.5. The second kappa shape index (κ2) is 7.11. The molecular weight excluding hydrogens is 325 g/mol. The fraction of sp³-hybridized carbons (Fsp3) is 0.500. The predicted octanol–water partition coefficient (Wildman–Crippen LogP) is 3.02. The van der Waals surface area contributed by atoms with Crippen LogP contribution >= 0.6 is 0 Å². The van der Waals surface area contributed by atoms with Crippen LogP contribution in [-0.2, 0) is 17.5 Å². The van der Waals surface area contributed by atoms with Gasteiger partial charge in [0.25, 0.3) is 0 Å². The fourth-order valence-electron chi connectivity index (χ4n) is 2.68. The lowest BCUT2D eigenvalue weighted by Crippen LogP contribution is -2.45. The van der Waals surface area contributed by atoms with Gasteiger partial charge in [0.05, 0.1) is 11.5 Å². The Morgan fingerprint density at radius 3 is 2.42 bits per heavy atom. The maximum atomic E-state index is 12.6. The van der Waals surface area contributed by atoms with Crippen molar-refractivity contribution in [2.45, 2.75) is 32.5 Å². The molecule has 132 valence electrons. The molecule has 0 aliphatic carbocycles. The van der Waals surface area contributed by atoms with Crippen LogP contribution in [0.2, 0.25) is 0 Å². The lowest BCUT2D eigenvalue weighted by atomic mass is 9.97. The molecule has 1 aliphatic rings. The number of halogens is 3. The van der Waals surface area contributed by atoms with E-state index in [0.29, 0.717) is 37.1 Å².